The van der Waals surface area contributed by atoms with Crippen LogP contribution in [0, 0.1) is 5.82 Å². The van der Waals surface area contributed by atoms with E-state index in [9.17, 15) is 14.0 Å². The second-order valence-electron chi connectivity index (χ2n) is 7.76. The average molecular weight is 405 g/mol. The zero-order valence-electron chi connectivity index (χ0n) is 16.1. The molecule has 2 aliphatic heterocycles. The van der Waals surface area contributed by atoms with Gasteiger partial charge in [0.05, 0.1) is 5.56 Å². The van der Waals surface area contributed by atoms with E-state index in [1.54, 1.807) is 12.3 Å². The molecule has 4 N–H and O–H groups in total. The molecule has 5 rings (SSSR count). The molecule has 1 atom stereocenters. The lowest BCUT2D eigenvalue weighted by molar-refractivity contribution is 0.0926. The molecular weight excluding hydrogens is 385 g/mol. The lowest BCUT2D eigenvalue weighted by Crippen LogP contribution is -2.48. The number of hydrogen-bond acceptors (Lipinski definition) is 4. The van der Waals surface area contributed by atoms with E-state index >= 15 is 0 Å². The molecule has 2 amide bonds. The number of nitrogens with one attached hydrogen (secondary N) is 4. The van der Waals surface area contributed by atoms with E-state index in [-0.39, 0.29) is 16.9 Å². The van der Waals surface area contributed by atoms with Gasteiger partial charge in [0.25, 0.3) is 11.8 Å². The van der Waals surface area contributed by atoms with Crippen molar-refractivity contribution >= 4 is 17.6 Å². The number of amides is 2. The molecule has 1 fully saturated rings. The van der Waals surface area contributed by atoms with Crippen molar-refractivity contribution in [1.82, 2.24) is 20.6 Å². The van der Waals surface area contributed by atoms with Gasteiger partial charge in [0, 0.05) is 47.2 Å². The third-order valence-electron chi connectivity index (χ3n) is 5.82. The molecule has 8 heteroatoms. The molecule has 152 valence electrons. The Morgan fingerprint density at radius 3 is 2.87 bits per heavy atom. The molecule has 7 nitrogen and oxygen atoms in total. The first-order chi connectivity index (χ1) is 14.5. The Bertz CT molecular complexity index is 1150. The van der Waals surface area contributed by atoms with E-state index in [1.165, 1.54) is 24.3 Å². The molecule has 2 aliphatic rings. The van der Waals surface area contributed by atoms with Gasteiger partial charge in [0.2, 0.25) is 0 Å². The van der Waals surface area contributed by atoms with Gasteiger partial charge in [-0.05, 0) is 49.4 Å². The summed E-state index contributed by atoms with van der Waals surface area (Å²) in [5.41, 5.74) is 3.28. The quantitative estimate of drug-likeness (QED) is 0.538. The normalized spacial score (nSPS) is 20.1. The number of aromatic amines is 1. The lowest BCUT2D eigenvalue weighted by Gasteiger charge is -2.32. The number of halogens is 1. The number of benzene rings is 1. The van der Waals surface area contributed by atoms with E-state index < -0.39 is 11.7 Å². The number of aromatic nitrogens is 2. The first-order valence-corrected chi connectivity index (χ1v) is 9.80. The van der Waals surface area contributed by atoms with Crippen molar-refractivity contribution in [1.29, 1.82) is 0 Å². The summed E-state index contributed by atoms with van der Waals surface area (Å²) in [4.78, 5) is 32.4. The maximum atomic E-state index is 13.4. The zero-order chi connectivity index (χ0) is 20.7. The highest BCUT2D eigenvalue weighted by molar-refractivity contribution is 6.04. The number of fused-ring (bicyclic) bond motifs is 2. The third kappa shape index (κ3) is 3.15. The van der Waals surface area contributed by atoms with Crippen molar-refractivity contribution in [2.45, 2.75) is 11.8 Å². The van der Waals surface area contributed by atoms with Crippen LogP contribution >= 0.6 is 0 Å². The standard InChI is InChI=1S/C22H20FN5O2/c23-15-3-1-2-14(8-15)20(29)28-18-9-13(4-6-25-18)17-10-16-19(27-17)22(5-7-24-11-22)12-26-21(16)30/h1-4,6,8-10,24,27H,5,7,11-12H2,(H,26,30)(H,25,28,29). The number of rotatable bonds is 3. The topological polar surface area (TPSA) is 98.9 Å². The Morgan fingerprint density at radius 2 is 2.07 bits per heavy atom. The Morgan fingerprint density at radius 1 is 1.17 bits per heavy atom. The molecule has 0 radical (unpaired) electrons. The van der Waals surface area contributed by atoms with Gasteiger partial charge in [-0.15, -0.1) is 0 Å². The highest BCUT2D eigenvalue weighted by atomic mass is 19.1. The zero-order valence-corrected chi connectivity index (χ0v) is 16.1. The van der Waals surface area contributed by atoms with Crippen molar-refractivity contribution in [3.05, 3.63) is 71.3 Å². The van der Waals surface area contributed by atoms with Crippen molar-refractivity contribution in [2.75, 3.05) is 25.0 Å². The molecule has 0 bridgehead atoms. The molecule has 1 spiro atoms. The minimum absolute atomic E-state index is 0.0845. The predicted octanol–water partition coefficient (Wildman–Crippen LogP) is 2.44. The van der Waals surface area contributed by atoms with Crippen molar-refractivity contribution < 1.29 is 14.0 Å². The maximum Gasteiger partial charge on any atom is 0.256 e. The van der Waals surface area contributed by atoms with Crippen LogP contribution in [0.4, 0.5) is 10.2 Å². The molecule has 2 aromatic heterocycles. The number of hydrogen-bond donors (Lipinski definition) is 4. The van der Waals surface area contributed by atoms with Crippen LogP contribution in [-0.2, 0) is 5.41 Å². The van der Waals surface area contributed by atoms with Gasteiger partial charge >= 0.3 is 0 Å². The summed E-state index contributed by atoms with van der Waals surface area (Å²) in [5, 5.41) is 9.07. The number of anilines is 1. The van der Waals surface area contributed by atoms with E-state index in [2.05, 4.69) is 25.9 Å². The van der Waals surface area contributed by atoms with Gasteiger partial charge in [-0.25, -0.2) is 9.37 Å². The van der Waals surface area contributed by atoms with E-state index in [4.69, 9.17) is 0 Å². The van der Waals surface area contributed by atoms with E-state index in [1.807, 2.05) is 12.1 Å². The number of carbonyl (C=O) groups is 2. The van der Waals surface area contributed by atoms with Crippen molar-refractivity contribution in [3.8, 4) is 11.3 Å². The molecule has 1 aromatic carbocycles. The summed E-state index contributed by atoms with van der Waals surface area (Å²) in [5.74, 6) is -0.662. The molecule has 4 heterocycles. The summed E-state index contributed by atoms with van der Waals surface area (Å²) in [6.45, 7) is 2.33. The molecular formula is C22H20FN5O2. The minimum Gasteiger partial charge on any atom is -0.357 e. The molecule has 1 unspecified atom stereocenters. The van der Waals surface area contributed by atoms with Gasteiger partial charge in [0.1, 0.15) is 11.6 Å². The molecule has 0 saturated carbocycles. The Labute approximate surface area is 172 Å². The lowest BCUT2D eigenvalue weighted by atomic mass is 9.79. The monoisotopic (exact) mass is 405 g/mol. The predicted molar refractivity (Wildman–Crippen MR) is 110 cm³/mol. The number of H-pyrrole nitrogens is 1. The van der Waals surface area contributed by atoms with Crippen LogP contribution < -0.4 is 16.0 Å². The van der Waals surface area contributed by atoms with Crippen LogP contribution in [0.2, 0.25) is 0 Å². The fraction of sp³-hybridized carbons (Fsp3) is 0.227. The first kappa shape index (κ1) is 18.5. The summed E-state index contributed by atoms with van der Waals surface area (Å²) in [7, 11) is 0. The van der Waals surface area contributed by atoms with Crippen LogP contribution in [0.1, 0.15) is 32.8 Å². The van der Waals surface area contributed by atoms with Crippen LogP contribution in [0.25, 0.3) is 11.3 Å². The second-order valence-corrected chi connectivity index (χ2v) is 7.76. The highest BCUT2D eigenvalue weighted by Crippen LogP contribution is 2.37. The second kappa shape index (κ2) is 7.07. The Hall–Kier alpha value is -3.52. The summed E-state index contributed by atoms with van der Waals surface area (Å²) in [6, 6.07) is 10.9. The maximum absolute atomic E-state index is 13.4. The van der Waals surface area contributed by atoms with Crippen LogP contribution in [0.15, 0.2) is 48.7 Å². The minimum atomic E-state index is -0.477. The fourth-order valence-corrected chi connectivity index (χ4v) is 4.23. The third-order valence-corrected chi connectivity index (χ3v) is 5.82. The molecule has 0 aliphatic carbocycles. The summed E-state index contributed by atoms with van der Waals surface area (Å²) in [6.07, 6.45) is 2.54. The van der Waals surface area contributed by atoms with Gasteiger partial charge in [-0.2, -0.15) is 0 Å². The van der Waals surface area contributed by atoms with Crippen molar-refractivity contribution in [3.63, 3.8) is 0 Å². The fourth-order valence-electron chi connectivity index (χ4n) is 4.23. The van der Waals surface area contributed by atoms with Gasteiger partial charge < -0.3 is 20.9 Å². The Kier molecular flexibility index (Phi) is 4.36. The molecule has 3 aromatic rings. The summed E-state index contributed by atoms with van der Waals surface area (Å²) < 4.78 is 13.4. The van der Waals surface area contributed by atoms with Gasteiger partial charge in [0.15, 0.2) is 0 Å². The first-order valence-electron chi connectivity index (χ1n) is 9.80. The average Bonchev–Trinajstić information content (AvgIpc) is 3.40. The van der Waals surface area contributed by atoms with E-state index in [0.29, 0.717) is 17.9 Å². The van der Waals surface area contributed by atoms with Gasteiger partial charge in [-0.1, -0.05) is 6.07 Å². The SMILES string of the molecule is O=C(Nc1cc(-c2cc3c([nH]2)C2(CCNC2)CNC3=O)ccn1)c1cccc(F)c1. The number of carbonyl (C=O) groups excluding carboxylic acids is 2. The highest BCUT2D eigenvalue weighted by Gasteiger charge is 2.43. The number of nitrogens with zero attached hydrogens (tertiary/aromatic N) is 1. The summed E-state index contributed by atoms with van der Waals surface area (Å²) >= 11 is 0. The Balaban J connectivity index is 1.45. The van der Waals surface area contributed by atoms with Gasteiger partial charge in [-0.3, -0.25) is 9.59 Å². The smallest absolute Gasteiger partial charge is 0.256 e. The van der Waals surface area contributed by atoms with Crippen molar-refractivity contribution in [2.24, 2.45) is 0 Å². The van der Waals surface area contributed by atoms with E-state index in [0.717, 1.165) is 36.5 Å². The number of pyridine rings is 1. The van der Waals surface area contributed by atoms with Crippen LogP contribution in [0.3, 0.4) is 0 Å². The largest absolute Gasteiger partial charge is 0.357 e. The molecule has 30 heavy (non-hydrogen) atoms. The van der Waals surface area contributed by atoms with Crippen LogP contribution in [-0.4, -0.2) is 41.4 Å². The molecule has 1 saturated heterocycles. The van der Waals surface area contributed by atoms with Crippen LogP contribution in [0.5, 0.6) is 0 Å².